The topological polar surface area (TPSA) is 55.1 Å². The van der Waals surface area contributed by atoms with E-state index in [4.69, 9.17) is 5.73 Å². The van der Waals surface area contributed by atoms with E-state index < -0.39 is 24.2 Å². The SMILES string of the molecule is CC(C)C1CCCCC1(NCC(F)(F)F)C(N)=O. The number of carbonyl (C=O) groups is 1. The molecule has 106 valence electrons. The van der Waals surface area contributed by atoms with E-state index >= 15 is 0 Å². The van der Waals surface area contributed by atoms with E-state index in [1.54, 1.807) is 0 Å². The molecular weight excluding hydrogens is 245 g/mol. The highest BCUT2D eigenvalue weighted by molar-refractivity contribution is 5.85. The van der Waals surface area contributed by atoms with Gasteiger partial charge in [-0.2, -0.15) is 13.2 Å². The molecule has 1 amide bonds. The Morgan fingerprint density at radius 3 is 2.50 bits per heavy atom. The number of rotatable bonds is 4. The van der Waals surface area contributed by atoms with Gasteiger partial charge < -0.3 is 5.73 Å². The van der Waals surface area contributed by atoms with Crippen LogP contribution in [-0.2, 0) is 4.79 Å². The molecular formula is C12H21F3N2O. The Labute approximate surface area is 105 Å². The van der Waals surface area contributed by atoms with E-state index in [0.29, 0.717) is 6.42 Å². The Balaban J connectivity index is 2.92. The highest BCUT2D eigenvalue weighted by atomic mass is 19.4. The van der Waals surface area contributed by atoms with Gasteiger partial charge in [0.15, 0.2) is 0 Å². The van der Waals surface area contributed by atoms with Crippen molar-refractivity contribution in [1.82, 2.24) is 5.32 Å². The fraction of sp³-hybridized carbons (Fsp3) is 0.917. The van der Waals surface area contributed by atoms with Crippen molar-refractivity contribution in [3.63, 3.8) is 0 Å². The molecule has 1 saturated carbocycles. The zero-order chi connectivity index (χ0) is 14.0. The largest absolute Gasteiger partial charge is 0.401 e. The summed E-state index contributed by atoms with van der Waals surface area (Å²) >= 11 is 0. The second-order valence-corrected chi connectivity index (χ2v) is 5.40. The molecule has 2 atom stereocenters. The maximum Gasteiger partial charge on any atom is 0.401 e. The van der Waals surface area contributed by atoms with Crippen LogP contribution in [-0.4, -0.2) is 24.2 Å². The Bertz CT molecular complexity index is 304. The number of nitrogens with two attached hydrogens (primary N) is 1. The fourth-order valence-electron chi connectivity index (χ4n) is 2.97. The molecule has 2 unspecified atom stereocenters. The monoisotopic (exact) mass is 266 g/mol. The molecule has 6 heteroatoms. The van der Waals surface area contributed by atoms with E-state index in [9.17, 15) is 18.0 Å². The van der Waals surface area contributed by atoms with Crippen molar-refractivity contribution in [2.24, 2.45) is 17.6 Å². The minimum Gasteiger partial charge on any atom is -0.368 e. The summed E-state index contributed by atoms with van der Waals surface area (Å²) in [6.07, 6.45) is -1.53. The lowest BCUT2D eigenvalue weighted by atomic mass is 9.67. The molecule has 3 nitrogen and oxygen atoms in total. The van der Waals surface area contributed by atoms with Gasteiger partial charge in [-0.1, -0.05) is 26.7 Å². The van der Waals surface area contributed by atoms with Crippen LogP contribution in [0.3, 0.4) is 0 Å². The van der Waals surface area contributed by atoms with Gasteiger partial charge in [-0.15, -0.1) is 0 Å². The molecule has 0 aliphatic heterocycles. The zero-order valence-electron chi connectivity index (χ0n) is 10.8. The fourth-order valence-corrected chi connectivity index (χ4v) is 2.97. The lowest BCUT2D eigenvalue weighted by molar-refractivity contribution is -0.142. The van der Waals surface area contributed by atoms with E-state index in [1.165, 1.54) is 0 Å². The van der Waals surface area contributed by atoms with Crippen molar-refractivity contribution in [3.8, 4) is 0 Å². The minimum atomic E-state index is -4.33. The second kappa shape index (κ2) is 5.47. The average Bonchev–Trinajstić information content (AvgIpc) is 2.25. The molecule has 0 bridgehead atoms. The van der Waals surface area contributed by atoms with Gasteiger partial charge in [-0.3, -0.25) is 10.1 Å². The van der Waals surface area contributed by atoms with E-state index in [0.717, 1.165) is 19.3 Å². The lowest BCUT2D eigenvalue weighted by Crippen LogP contribution is -2.64. The molecule has 18 heavy (non-hydrogen) atoms. The number of alkyl halides is 3. The van der Waals surface area contributed by atoms with Crippen LogP contribution in [0.5, 0.6) is 0 Å². The molecule has 1 aliphatic rings. The lowest BCUT2D eigenvalue weighted by Gasteiger charge is -2.44. The van der Waals surface area contributed by atoms with Gasteiger partial charge in [0.1, 0.15) is 5.54 Å². The van der Waals surface area contributed by atoms with E-state index in [1.807, 2.05) is 13.8 Å². The minimum absolute atomic E-state index is 0.124. The summed E-state index contributed by atoms with van der Waals surface area (Å²) in [4.78, 5) is 11.7. The molecule has 3 N–H and O–H groups in total. The third-order valence-corrected chi connectivity index (χ3v) is 3.82. The number of primary amides is 1. The molecule has 0 saturated heterocycles. The molecule has 0 aromatic carbocycles. The molecule has 0 heterocycles. The third kappa shape index (κ3) is 3.37. The number of nitrogens with one attached hydrogen (secondary N) is 1. The zero-order valence-corrected chi connectivity index (χ0v) is 10.8. The molecule has 0 spiro atoms. The Kier molecular flexibility index (Phi) is 4.64. The number of halogens is 3. The van der Waals surface area contributed by atoms with Gasteiger partial charge in [0.25, 0.3) is 0 Å². The van der Waals surface area contributed by atoms with Gasteiger partial charge in [0.05, 0.1) is 6.54 Å². The summed E-state index contributed by atoms with van der Waals surface area (Å²) in [5, 5.41) is 2.41. The second-order valence-electron chi connectivity index (χ2n) is 5.40. The van der Waals surface area contributed by atoms with Crippen LogP contribution in [0.15, 0.2) is 0 Å². The van der Waals surface area contributed by atoms with Crippen molar-refractivity contribution >= 4 is 5.91 Å². The third-order valence-electron chi connectivity index (χ3n) is 3.82. The Morgan fingerprint density at radius 1 is 1.44 bits per heavy atom. The quantitative estimate of drug-likeness (QED) is 0.819. The average molecular weight is 266 g/mol. The summed E-state index contributed by atoms with van der Waals surface area (Å²) in [6.45, 7) is 2.67. The highest BCUT2D eigenvalue weighted by Gasteiger charge is 2.48. The number of hydrogen-bond acceptors (Lipinski definition) is 2. The van der Waals surface area contributed by atoms with Crippen molar-refractivity contribution in [2.45, 2.75) is 51.2 Å². The van der Waals surface area contributed by atoms with Crippen molar-refractivity contribution in [1.29, 1.82) is 0 Å². The summed E-state index contributed by atoms with van der Waals surface area (Å²) in [5.41, 5.74) is 4.18. The van der Waals surface area contributed by atoms with Crippen molar-refractivity contribution in [2.75, 3.05) is 6.54 Å². The van der Waals surface area contributed by atoms with E-state index in [-0.39, 0.29) is 11.8 Å². The predicted octanol–water partition coefficient (Wildman–Crippen LogP) is 2.21. The first-order valence-corrected chi connectivity index (χ1v) is 6.31. The number of carbonyl (C=O) groups excluding carboxylic acids is 1. The van der Waals surface area contributed by atoms with Gasteiger partial charge in [0, 0.05) is 0 Å². The first kappa shape index (κ1) is 15.3. The highest BCUT2D eigenvalue weighted by Crippen LogP contribution is 2.38. The van der Waals surface area contributed by atoms with Crippen LogP contribution >= 0.6 is 0 Å². The van der Waals surface area contributed by atoms with Crippen LogP contribution < -0.4 is 11.1 Å². The molecule has 1 rings (SSSR count). The normalized spacial score (nSPS) is 29.6. The first-order valence-electron chi connectivity index (χ1n) is 6.31. The summed E-state index contributed by atoms with van der Waals surface area (Å²) in [6, 6.07) is 0. The Morgan fingerprint density at radius 2 is 2.06 bits per heavy atom. The smallest absolute Gasteiger partial charge is 0.368 e. The molecule has 1 fully saturated rings. The van der Waals surface area contributed by atoms with Gasteiger partial charge in [-0.25, -0.2) is 0 Å². The van der Waals surface area contributed by atoms with Gasteiger partial charge in [-0.05, 0) is 24.7 Å². The van der Waals surface area contributed by atoms with Gasteiger partial charge in [0.2, 0.25) is 5.91 Å². The van der Waals surface area contributed by atoms with Crippen molar-refractivity contribution in [3.05, 3.63) is 0 Å². The predicted molar refractivity (Wildman–Crippen MR) is 62.8 cm³/mol. The molecule has 1 aliphatic carbocycles. The number of amides is 1. The molecule has 0 radical (unpaired) electrons. The van der Waals surface area contributed by atoms with Crippen LogP contribution in [0.2, 0.25) is 0 Å². The van der Waals surface area contributed by atoms with E-state index in [2.05, 4.69) is 5.32 Å². The first-order chi connectivity index (χ1) is 8.19. The molecule has 0 aromatic rings. The summed E-state index contributed by atoms with van der Waals surface area (Å²) in [7, 11) is 0. The summed E-state index contributed by atoms with van der Waals surface area (Å²) in [5.74, 6) is -0.671. The van der Waals surface area contributed by atoms with Crippen LogP contribution in [0.1, 0.15) is 39.5 Å². The van der Waals surface area contributed by atoms with Crippen LogP contribution in [0.25, 0.3) is 0 Å². The Hall–Kier alpha value is -0.780. The van der Waals surface area contributed by atoms with Crippen LogP contribution in [0, 0.1) is 11.8 Å². The van der Waals surface area contributed by atoms with Crippen molar-refractivity contribution < 1.29 is 18.0 Å². The van der Waals surface area contributed by atoms with Gasteiger partial charge >= 0.3 is 6.18 Å². The number of hydrogen-bond donors (Lipinski definition) is 2. The maximum atomic E-state index is 12.4. The maximum absolute atomic E-state index is 12.4. The van der Waals surface area contributed by atoms with Crippen LogP contribution in [0.4, 0.5) is 13.2 Å². The standard InChI is InChI=1S/C12H21F3N2O/c1-8(2)9-5-3-4-6-11(9,10(16)18)17-7-12(13,14)15/h8-9,17H,3-7H2,1-2H3,(H2,16,18). The summed E-state index contributed by atoms with van der Waals surface area (Å²) < 4.78 is 37.1. The molecule has 0 aromatic heterocycles.